The average molecular weight is 337 g/mol. The summed E-state index contributed by atoms with van der Waals surface area (Å²) in [6, 6.07) is 6.89. The van der Waals surface area contributed by atoms with Gasteiger partial charge in [-0.15, -0.1) is 0 Å². The first-order valence-corrected chi connectivity index (χ1v) is 8.57. The van der Waals surface area contributed by atoms with E-state index in [1.165, 1.54) is 0 Å². The van der Waals surface area contributed by atoms with Crippen LogP contribution in [0.4, 0.5) is 0 Å². The number of carbonyl (C=O) groups excluding carboxylic acids is 2. The predicted molar refractivity (Wildman–Crippen MR) is 92.6 cm³/mol. The largest absolute Gasteiger partial charge is 0.351 e. The van der Waals surface area contributed by atoms with Crippen molar-refractivity contribution < 1.29 is 9.59 Å². The Labute approximate surface area is 143 Å². The van der Waals surface area contributed by atoms with E-state index >= 15 is 0 Å². The molecule has 0 aromatic heterocycles. The van der Waals surface area contributed by atoms with Gasteiger partial charge in [-0.2, -0.15) is 0 Å². The Hall–Kier alpha value is -1.55. The van der Waals surface area contributed by atoms with Gasteiger partial charge < -0.3 is 10.2 Å². The lowest BCUT2D eigenvalue weighted by Crippen LogP contribution is -2.50. The van der Waals surface area contributed by atoms with E-state index in [-0.39, 0.29) is 23.3 Å². The van der Waals surface area contributed by atoms with Gasteiger partial charge in [0.1, 0.15) is 0 Å². The zero-order valence-electron chi connectivity index (χ0n) is 14.1. The zero-order chi connectivity index (χ0) is 17.0. The van der Waals surface area contributed by atoms with E-state index in [1.807, 2.05) is 13.8 Å². The van der Waals surface area contributed by atoms with Gasteiger partial charge in [0.15, 0.2) is 0 Å². The van der Waals surface area contributed by atoms with Gasteiger partial charge in [-0.1, -0.05) is 18.5 Å². The molecule has 0 bridgehead atoms. The summed E-state index contributed by atoms with van der Waals surface area (Å²) in [5.74, 6) is -0.120. The normalized spacial score (nSPS) is 18.6. The first kappa shape index (κ1) is 17.8. The minimum atomic E-state index is -0.209. The standard InChI is InChI=1S/C18H25ClN2O2/c1-4-18(2,3)20-16(22)14-6-5-11-21(12-14)17(23)13-7-9-15(19)10-8-13/h7-10,14H,4-6,11-12H2,1-3H3,(H,20,22)/t14-/m1/s1. The van der Waals surface area contributed by atoms with Gasteiger partial charge in [0, 0.05) is 29.2 Å². The van der Waals surface area contributed by atoms with Crippen molar-refractivity contribution in [1.29, 1.82) is 0 Å². The molecular weight excluding hydrogens is 312 g/mol. The highest BCUT2D eigenvalue weighted by atomic mass is 35.5. The Bertz CT molecular complexity index is 569. The van der Waals surface area contributed by atoms with E-state index in [4.69, 9.17) is 11.6 Å². The van der Waals surface area contributed by atoms with Crippen LogP contribution < -0.4 is 5.32 Å². The number of carbonyl (C=O) groups is 2. The monoisotopic (exact) mass is 336 g/mol. The van der Waals surface area contributed by atoms with Gasteiger partial charge in [0.25, 0.3) is 5.91 Å². The van der Waals surface area contributed by atoms with Gasteiger partial charge in [-0.05, 0) is 57.4 Å². The number of likely N-dealkylation sites (tertiary alicyclic amines) is 1. The summed E-state index contributed by atoms with van der Waals surface area (Å²) < 4.78 is 0. The Morgan fingerprint density at radius 3 is 2.57 bits per heavy atom. The van der Waals surface area contributed by atoms with Crippen LogP contribution in [-0.4, -0.2) is 35.3 Å². The Balaban J connectivity index is 2.01. The van der Waals surface area contributed by atoms with E-state index in [0.717, 1.165) is 19.3 Å². The van der Waals surface area contributed by atoms with E-state index < -0.39 is 0 Å². The number of rotatable bonds is 4. The molecule has 5 heteroatoms. The lowest BCUT2D eigenvalue weighted by Gasteiger charge is -2.34. The molecule has 1 saturated heterocycles. The van der Waals surface area contributed by atoms with Crippen molar-refractivity contribution in [3.8, 4) is 0 Å². The summed E-state index contributed by atoms with van der Waals surface area (Å²) in [5.41, 5.74) is 0.406. The summed E-state index contributed by atoms with van der Waals surface area (Å²) in [7, 11) is 0. The fourth-order valence-corrected chi connectivity index (χ4v) is 2.80. The molecule has 1 N–H and O–H groups in total. The van der Waals surface area contributed by atoms with Crippen molar-refractivity contribution in [2.75, 3.05) is 13.1 Å². The molecule has 0 aliphatic carbocycles. The number of nitrogens with one attached hydrogen (secondary N) is 1. The van der Waals surface area contributed by atoms with Crippen molar-refractivity contribution in [1.82, 2.24) is 10.2 Å². The van der Waals surface area contributed by atoms with Gasteiger partial charge in [-0.25, -0.2) is 0 Å². The summed E-state index contributed by atoms with van der Waals surface area (Å²) in [4.78, 5) is 26.8. The van der Waals surface area contributed by atoms with Crippen molar-refractivity contribution in [2.24, 2.45) is 5.92 Å². The molecule has 1 aliphatic rings. The molecule has 0 radical (unpaired) electrons. The molecule has 2 rings (SSSR count). The molecular formula is C18H25ClN2O2. The molecule has 23 heavy (non-hydrogen) atoms. The summed E-state index contributed by atoms with van der Waals surface area (Å²) in [6.45, 7) is 7.27. The third-order valence-electron chi connectivity index (χ3n) is 4.52. The second-order valence-electron chi connectivity index (χ2n) is 6.82. The van der Waals surface area contributed by atoms with Crippen molar-refractivity contribution in [2.45, 2.75) is 45.6 Å². The number of hydrogen-bond acceptors (Lipinski definition) is 2. The minimum absolute atomic E-state index is 0.0334. The molecule has 1 atom stereocenters. The zero-order valence-corrected chi connectivity index (χ0v) is 14.8. The van der Waals surface area contributed by atoms with Gasteiger partial charge in [-0.3, -0.25) is 9.59 Å². The second kappa shape index (κ2) is 7.35. The van der Waals surface area contributed by atoms with Crippen LogP contribution in [0.15, 0.2) is 24.3 Å². The fourth-order valence-electron chi connectivity index (χ4n) is 2.67. The third kappa shape index (κ3) is 4.71. The lowest BCUT2D eigenvalue weighted by atomic mass is 9.94. The molecule has 1 fully saturated rings. The van der Waals surface area contributed by atoms with Crippen LogP contribution in [0, 0.1) is 5.92 Å². The van der Waals surface area contributed by atoms with E-state index in [0.29, 0.717) is 23.7 Å². The summed E-state index contributed by atoms with van der Waals surface area (Å²) in [5, 5.41) is 3.70. The minimum Gasteiger partial charge on any atom is -0.351 e. The van der Waals surface area contributed by atoms with Gasteiger partial charge in [0.2, 0.25) is 5.91 Å². The van der Waals surface area contributed by atoms with E-state index in [1.54, 1.807) is 29.2 Å². The van der Waals surface area contributed by atoms with Crippen LogP contribution in [0.25, 0.3) is 0 Å². The number of benzene rings is 1. The van der Waals surface area contributed by atoms with Crippen LogP contribution in [0.1, 0.15) is 50.4 Å². The molecule has 1 aromatic rings. The highest BCUT2D eigenvalue weighted by molar-refractivity contribution is 6.30. The molecule has 0 saturated carbocycles. The van der Waals surface area contributed by atoms with Gasteiger partial charge in [0.05, 0.1) is 5.92 Å². The molecule has 1 heterocycles. The number of nitrogens with zero attached hydrogens (tertiary/aromatic N) is 1. The lowest BCUT2D eigenvalue weighted by molar-refractivity contribution is -0.128. The highest BCUT2D eigenvalue weighted by Gasteiger charge is 2.31. The third-order valence-corrected chi connectivity index (χ3v) is 4.77. The van der Waals surface area contributed by atoms with E-state index in [9.17, 15) is 9.59 Å². The van der Waals surface area contributed by atoms with Gasteiger partial charge >= 0.3 is 0 Å². The van der Waals surface area contributed by atoms with Crippen molar-refractivity contribution in [3.05, 3.63) is 34.9 Å². The topological polar surface area (TPSA) is 49.4 Å². The smallest absolute Gasteiger partial charge is 0.253 e. The molecule has 4 nitrogen and oxygen atoms in total. The fraction of sp³-hybridized carbons (Fsp3) is 0.556. The van der Waals surface area contributed by atoms with Crippen molar-refractivity contribution >= 4 is 23.4 Å². The Kier molecular flexibility index (Phi) is 5.69. The molecule has 2 amide bonds. The maximum Gasteiger partial charge on any atom is 0.253 e. The quantitative estimate of drug-likeness (QED) is 0.914. The predicted octanol–water partition coefficient (Wildman–Crippen LogP) is 3.50. The highest BCUT2D eigenvalue weighted by Crippen LogP contribution is 2.21. The average Bonchev–Trinajstić information content (AvgIpc) is 2.54. The number of piperidine rings is 1. The maximum atomic E-state index is 12.6. The second-order valence-corrected chi connectivity index (χ2v) is 7.26. The Morgan fingerprint density at radius 2 is 1.96 bits per heavy atom. The SMILES string of the molecule is CCC(C)(C)NC(=O)[C@@H]1CCCN(C(=O)c2ccc(Cl)cc2)C1. The first-order valence-electron chi connectivity index (χ1n) is 8.19. The molecule has 1 aliphatic heterocycles. The number of halogens is 1. The summed E-state index contributed by atoms with van der Waals surface area (Å²) in [6.07, 6.45) is 2.55. The van der Waals surface area contributed by atoms with Crippen LogP contribution in [0.2, 0.25) is 5.02 Å². The van der Waals surface area contributed by atoms with Crippen LogP contribution in [-0.2, 0) is 4.79 Å². The van der Waals surface area contributed by atoms with Crippen LogP contribution in [0.3, 0.4) is 0 Å². The molecule has 0 spiro atoms. The summed E-state index contributed by atoms with van der Waals surface area (Å²) >= 11 is 5.86. The molecule has 1 aromatic carbocycles. The number of amides is 2. The first-order chi connectivity index (χ1) is 10.8. The Morgan fingerprint density at radius 1 is 1.30 bits per heavy atom. The van der Waals surface area contributed by atoms with Crippen LogP contribution in [0.5, 0.6) is 0 Å². The van der Waals surface area contributed by atoms with Crippen molar-refractivity contribution in [3.63, 3.8) is 0 Å². The van der Waals surface area contributed by atoms with E-state index in [2.05, 4.69) is 12.2 Å². The molecule has 126 valence electrons. The van der Waals surface area contributed by atoms with Crippen LogP contribution >= 0.6 is 11.6 Å². The number of hydrogen-bond donors (Lipinski definition) is 1. The maximum absolute atomic E-state index is 12.6. The molecule has 0 unspecified atom stereocenters.